The van der Waals surface area contributed by atoms with Crippen molar-refractivity contribution in [2.24, 2.45) is 0 Å². The summed E-state index contributed by atoms with van der Waals surface area (Å²) in [6.07, 6.45) is 4.31. The van der Waals surface area contributed by atoms with Gasteiger partial charge in [0.15, 0.2) is 0 Å². The lowest BCUT2D eigenvalue weighted by molar-refractivity contribution is 0.686. The molecule has 0 spiro atoms. The van der Waals surface area contributed by atoms with Gasteiger partial charge in [0.1, 0.15) is 0 Å². The van der Waals surface area contributed by atoms with Crippen molar-refractivity contribution in [3.63, 3.8) is 0 Å². The summed E-state index contributed by atoms with van der Waals surface area (Å²) in [7, 11) is 0. The van der Waals surface area contributed by atoms with Crippen molar-refractivity contribution in [3.8, 4) is 0 Å². The smallest absolute Gasteiger partial charge is 0 e. The fraction of sp³-hybridized carbons (Fsp3) is 0.600. The van der Waals surface area contributed by atoms with Crippen LogP contribution in [-0.2, 0) is 5.48 Å². The van der Waals surface area contributed by atoms with Crippen LogP contribution in [0.3, 0.4) is 0 Å². The zero-order chi connectivity index (χ0) is 4.12. The van der Waals surface area contributed by atoms with Crippen molar-refractivity contribution in [1.29, 1.82) is 0 Å². The summed E-state index contributed by atoms with van der Waals surface area (Å²) in [6.45, 7) is 5.69. The highest BCUT2D eigenvalue weighted by Gasteiger charge is 1.61. The number of unbranched alkanes of at least 4 members (excludes halogenated alkanes) is 1. The Morgan fingerprint density at radius 3 is 2.17 bits per heavy atom. The van der Waals surface area contributed by atoms with Crippen molar-refractivity contribution < 1.29 is 5.48 Å². The van der Waals surface area contributed by atoms with Gasteiger partial charge in [0.2, 0.25) is 0 Å². The SMILES string of the molecule is C=CCCC.[O]. The van der Waals surface area contributed by atoms with Crippen molar-refractivity contribution >= 4 is 0 Å². The van der Waals surface area contributed by atoms with Gasteiger partial charge in [-0.3, -0.25) is 0 Å². The van der Waals surface area contributed by atoms with E-state index in [-0.39, 0.29) is 5.48 Å². The van der Waals surface area contributed by atoms with E-state index in [0.29, 0.717) is 0 Å². The molecule has 0 fully saturated rings. The fourth-order valence-electron chi connectivity index (χ4n) is 0.204. The molecule has 0 aliphatic heterocycles. The van der Waals surface area contributed by atoms with Crippen molar-refractivity contribution in [2.75, 3.05) is 0 Å². The van der Waals surface area contributed by atoms with E-state index in [4.69, 9.17) is 0 Å². The standard InChI is InChI=1S/C5H10.O/c1-3-5-4-2;/h3H,1,4-5H2,2H3;. The molecule has 0 amide bonds. The summed E-state index contributed by atoms with van der Waals surface area (Å²) in [4.78, 5) is 0. The average molecular weight is 86.1 g/mol. The third kappa shape index (κ3) is 9.33. The third-order valence-corrected chi connectivity index (χ3v) is 0.493. The molecule has 0 aromatic carbocycles. The summed E-state index contributed by atoms with van der Waals surface area (Å²) in [6, 6.07) is 0. The van der Waals surface area contributed by atoms with E-state index in [1.807, 2.05) is 6.08 Å². The molecule has 0 rings (SSSR count). The van der Waals surface area contributed by atoms with Crippen LogP contribution in [0.2, 0.25) is 0 Å². The lowest BCUT2D eigenvalue weighted by atomic mass is 10.3. The second-order valence-corrected chi connectivity index (χ2v) is 1.08. The van der Waals surface area contributed by atoms with Gasteiger partial charge in [-0.2, -0.15) is 0 Å². The van der Waals surface area contributed by atoms with Gasteiger partial charge in [0.05, 0.1) is 0 Å². The molecule has 0 aliphatic carbocycles. The van der Waals surface area contributed by atoms with Crippen LogP contribution in [0.4, 0.5) is 0 Å². The molecule has 0 heterocycles. The maximum absolute atomic E-state index is 3.55. The topological polar surface area (TPSA) is 28.5 Å². The molecule has 0 N–H and O–H groups in total. The Kier molecular flexibility index (Phi) is 13.5. The molecule has 0 unspecified atom stereocenters. The van der Waals surface area contributed by atoms with Crippen LogP contribution in [0.5, 0.6) is 0 Å². The molecule has 0 aliphatic rings. The molecule has 2 radical (unpaired) electrons. The molecule has 1 nitrogen and oxygen atoms in total. The molecule has 36 valence electrons. The van der Waals surface area contributed by atoms with Gasteiger partial charge in [-0.05, 0) is 6.42 Å². The van der Waals surface area contributed by atoms with E-state index in [1.165, 1.54) is 6.42 Å². The quantitative estimate of drug-likeness (QED) is 0.459. The summed E-state index contributed by atoms with van der Waals surface area (Å²) < 4.78 is 0. The van der Waals surface area contributed by atoms with E-state index in [9.17, 15) is 0 Å². The van der Waals surface area contributed by atoms with E-state index in [2.05, 4.69) is 13.5 Å². The second-order valence-electron chi connectivity index (χ2n) is 1.08. The highest BCUT2D eigenvalue weighted by molar-refractivity contribution is 4.63. The minimum absolute atomic E-state index is 0. The van der Waals surface area contributed by atoms with E-state index in [1.54, 1.807) is 0 Å². The van der Waals surface area contributed by atoms with Gasteiger partial charge in [0, 0.05) is 5.48 Å². The van der Waals surface area contributed by atoms with Crippen molar-refractivity contribution in [2.45, 2.75) is 19.8 Å². The van der Waals surface area contributed by atoms with Crippen molar-refractivity contribution in [1.82, 2.24) is 0 Å². The van der Waals surface area contributed by atoms with Crippen LogP contribution in [0.25, 0.3) is 0 Å². The Bertz CT molecular complexity index is 25.1. The first-order valence-corrected chi connectivity index (χ1v) is 2.02. The molecule has 6 heavy (non-hydrogen) atoms. The monoisotopic (exact) mass is 86.1 g/mol. The number of rotatable bonds is 2. The number of allylic oxidation sites excluding steroid dienone is 1. The maximum Gasteiger partial charge on any atom is 0 e. The number of hydrogen-bond donors (Lipinski definition) is 0. The van der Waals surface area contributed by atoms with Crippen LogP contribution >= 0.6 is 0 Å². The third-order valence-electron chi connectivity index (χ3n) is 0.493. The van der Waals surface area contributed by atoms with Crippen LogP contribution < -0.4 is 0 Å². The Balaban J connectivity index is 0. The highest BCUT2D eigenvalue weighted by atomic mass is 16.0. The van der Waals surface area contributed by atoms with Gasteiger partial charge in [-0.15, -0.1) is 6.58 Å². The first-order valence-electron chi connectivity index (χ1n) is 2.02. The largest absolute Gasteiger partial charge is 0.103 e. The van der Waals surface area contributed by atoms with Crippen LogP contribution in [0.15, 0.2) is 12.7 Å². The Labute approximate surface area is 39.0 Å². The molecule has 0 bridgehead atoms. The normalized spacial score (nSPS) is 6.17. The fourth-order valence-corrected chi connectivity index (χ4v) is 0.204. The predicted octanol–water partition coefficient (Wildman–Crippen LogP) is 1.85. The van der Waals surface area contributed by atoms with Gasteiger partial charge >= 0.3 is 0 Å². The highest BCUT2D eigenvalue weighted by Crippen LogP contribution is 1.82. The summed E-state index contributed by atoms with van der Waals surface area (Å²) in [5.41, 5.74) is 0. The maximum atomic E-state index is 3.55. The Morgan fingerprint density at radius 1 is 1.67 bits per heavy atom. The summed E-state index contributed by atoms with van der Waals surface area (Å²) in [5, 5.41) is 0. The minimum atomic E-state index is 0. The predicted molar refractivity (Wildman–Crippen MR) is 25.8 cm³/mol. The first kappa shape index (κ1) is 9.20. The molecule has 1 heteroatoms. The molecule has 0 aromatic heterocycles. The zero-order valence-corrected chi connectivity index (χ0v) is 4.11. The molecule has 0 saturated carbocycles. The van der Waals surface area contributed by atoms with Crippen LogP contribution in [-0.4, -0.2) is 0 Å². The van der Waals surface area contributed by atoms with Crippen LogP contribution in [0.1, 0.15) is 19.8 Å². The minimum Gasteiger partial charge on any atom is -0.103 e. The van der Waals surface area contributed by atoms with Gasteiger partial charge < -0.3 is 0 Å². The van der Waals surface area contributed by atoms with E-state index >= 15 is 0 Å². The van der Waals surface area contributed by atoms with Gasteiger partial charge in [-0.25, -0.2) is 0 Å². The van der Waals surface area contributed by atoms with Gasteiger partial charge in [0.25, 0.3) is 0 Å². The average Bonchev–Trinajstić information content (AvgIpc) is 1.41. The molecular formula is C5H10O. The number of hydrogen-bond acceptors (Lipinski definition) is 0. The van der Waals surface area contributed by atoms with Crippen LogP contribution in [0, 0.1) is 0 Å². The summed E-state index contributed by atoms with van der Waals surface area (Å²) >= 11 is 0. The second kappa shape index (κ2) is 8.83. The molecular weight excluding hydrogens is 76.1 g/mol. The Hall–Kier alpha value is -0.300. The van der Waals surface area contributed by atoms with Crippen molar-refractivity contribution in [3.05, 3.63) is 12.7 Å². The van der Waals surface area contributed by atoms with E-state index < -0.39 is 0 Å². The first-order chi connectivity index (χ1) is 2.41. The Morgan fingerprint density at radius 2 is 2.17 bits per heavy atom. The lowest BCUT2D eigenvalue weighted by Crippen LogP contribution is -1.52. The van der Waals surface area contributed by atoms with Gasteiger partial charge in [-0.1, -0.05) is 19.4 Å². The zero-order valence-electron chi connectivity index (χ0n) is 4.11. The molecule has 0 saturated heterocycles. The molecule has 0 aromatic rings. The lowest BCUT2D eigenvalue weighted by Gasteiger charge is -1.72. The molecule has 0 atom stereocenters. The summed E-state index contributed by atoms with van der Waals surface area (Å²) in [5.74, 6) is 0. The van der Waals surface area contributed by atoms with E-state index in [0.717, 1.165) is 6.42 Å².